The van der Waals surface area contributed by atoms with E-state index in [0.717, 1.165) is 35.3 Å². The third-order valence-electron chi connectivity index (χ3n) is 5.24. The number of fused-ring (bicyclic) bond motifs is 1. The number of rotatable bonds is 6. The zero-order valence-corrected chi connectivity index (χ0v) is 17.6. The van der Waals surface area contributed by atoms with E-state index in [1.54, 1.807) is 24.5 Å². The molecule has 2 N–H and O–H groups in total. The lowest BCUT2D eigenvalue weighted by Crippen LogP contribution is -2.49. The summed E-state index contributed by atoms with van der Waals surface area (Å²) in [6.07, 6.45) is 8.29. The fourth-order valence-electron chi connectivity index (χ4n) is 3.52. The summed E-state index contributed by atoms with van der Waals surface area (Å²) in [6.45, 7) is 1.38. The molecule has 1 fully saturated rings. The minimum Gasteiger partial charge on any atom is -0.449 e. The predicted molar refractivity (Wildman–Crippen MR) is 116 cm³/mol. The van der Waals surface area contributed by atoms with Crippen molar-refractivity contribution in [3.8, 4) is 6.07 Å². The Morgan fingerprint density at radius 3 is 3.00 bits per heavy atom. The molecule has 31 heavy (non-hydrogen) atoms. The molecule has 1 aliphatic carbocycles. The van der Waals surface area contributed by atoms with Crippen molar-refractivity contribution >= 4 is 34.4 Å². The quantitative estimate of drug-likeness (QED) is 0.671. The first-order valence-electron chi connectivity index (χ1n) is 10.1. The summed E-state index contributed by atoms with van der Waals surface area (Å²) in [5, 5.41) is 15.8. The van der Waals surface area contributed by atoms with Crippen LogP contribution < -0.4 is 10.6 Å². The largest absolute Gasteiger partial charge is 0.449 e. The molecular weight excluding hydrogens is 416 g/mol. The van der Waals surface area contributed by atoms with Crippen molar-refractivity contribution in [3.05, 3.63) is 52.2 Å². The predicted octanol–water partition coefficient (Wildman–Crippen LogP) is 2.90. The Hall–Kier alpha value is -3.22. The second-order valence-corrected chi connectivity index (χ2v) is 8.62. The van der Waals surface area contributed by atoms with E-state index in [9.17, 15) is 14.9 Å². The first-order valence-corrected chi connectivity index (χ1v) is 10.9. The highest BCUT2D eigenvalue weighted by Crippen LogP contribution is 2.39. The van der Waals surface area contributed by atoms with Gasteiger partial charge in [-0.25, -0.2) is 4.79 Å². The summed E-state index contributed by atoms with van der Waals surface area (Å²) in [4.78, 5) is 29.2. The van der Waals surface area contributed by atoms with E-state index in [1.807, 2.05) is 6.07 Å². The summed E-state index contributed by atoms with van der Waals surface area (Å²) in [6, 6.07) is 5.92. The van der Waals surface area contributed by atoms with Crippen LogP contribution >= 0.6 is 11.3 Å². The maximum Gasteiger partial charge on any atom is 0.407 e. The van der Waals surface area contributed by atoms with E-state index < -0.39 is 6.09 Å². The van der Waals surface area contributed by atoms with Crippen molar-refractivity contribution in [2.24, 2.45) is 5.92 Å². The standard InChI is InChI=1S/C22H22N4O4S/c23-9-18-17-5-3-15(11-30-22(28)25-16-12-29-13-16)8-19(17)31-21(18)26-20(27)6-4-14-2-1-7-24-10-14/h1-2,4,6-7,10,15-16H,3,5,8,11-13H2,(H,25,28)(H,26,27). The highest BCUT2D eigenvalue weighted by molar-refractivity contribution is 7.16. The van der Waals surface area contributed by atoms with Gasteiger partial charge in [0.15, 0.2) is 0 Å². The molecule has 2 aromatic heterocycles. The monoisotopic (exact) mass is 438 g/mol. The number of thiophene rings is 1. The number of hydrogen-bond acceptors (Lipinski definition) is 7. The van der Waals surface area contributed by atoms with Gasteiger partial charge in [0.25, 0.3) is 0 Å². The minimum atomic E-state index is -0.420. The molecule has 2 aromatic rings. The SMILES string of the molecule is N#Cc1c(NC(=O)C=Cc2cccnc2)sc2c1CCC(COC(=O)NC1COC1)C2. The normalized spacial score (nSPS) is 18.0. The molecule has 8 nitrogen and oxygen atoms in total. The van der Waals surface area contributed by atoms with Gasteiger partial charge < -0.3 is 20.1 Å². The molecule has 1 unspecified atom stereocenters. The Morgan fingerprint density at radius 2 is 2.29 bits per heavy atom. The van der Waals surface area contributed by atoms with E-state index in [1.165, 1.54) is 17.4 Å². The van der Waals surface area contributed by atoms with Gasteiger partial charge in [-0.1, -0.05) is 6.07 Å². The number of anilines is 1. The number of amides is 2. The third-order valence-corrected chi connectivity index (χ3v) is 6.41. The lowest BCUT2D eigenvalue weighted by atomic mass is 9.88. The number of hydrogen-bond donors (Lipinski definition) is 2. The molecule has 0 spiro atoms. The number of nitrogens with one attached hydrogen (secondary N) is 2. The summed E-state index contributed by atoms with van der Waals surface area (Å²) in [5.41, 5.74) is 2.34. The molecule has 0 saturated carbocycles. The van der Waals surface area contributed by atoms with Crippen LogP contribution in [0.25, 0.3) is 6.08 Å². The van der Waals surface area contributed by atoms with Gasteiger partial charge in [-0.2, -0.15) is 5.26 Å². The number of aromatic nitrogens is 1. The van der Waals surface area contributed by atoms with E-state index >= 15 is 0 Å². The lowest BCUT2D eigenvalue weighted by Gasteiger charge is -2.27. The van der Waals surface area contributed by atoms with Gasteiger partial charge in [0, 0.05) is 23.3 Å². The van der Waals surface area contributed by atoms with E-state index in [2.05, 4.69) is 21.7 Å². The molecule has 1 saturated heterocycles. The van der Waals surface area contributed by atoms with Gasteiger partial charge in [-0.15, -0.1) is 11.3 Å². The van der Waals surface area contributed by atoms with Crippen LogP contribution in [0.5, 0.6) is 0 Å². The van der Waals surface area contributed by atoms with E-state index in [4.69, 9.17) is 9.47 Å². The van der Waals surface area contributed by atoms with Crippen LogP contribution in [0, 0.1) is 17.2 Å². The molecule has 3 heterocycles. The maximum absolute atomic E-state index is 12.3. The minimum absolute atomic E-state index is 0.0410. The molecule has 9 heteroatoms. The Morgan fingerprint density at radius 1 is 1.42 bits per heavy atom. The molecule has 0 aromatic carbocycles. The van der Waals surface area contributed by atoms with Crippen molar-refractivity contribution in [3.63, 3.8) is 0 Å². The Balaban J connectivity index is 1.35. The van der Waals surface area contributed by atoms with Crippen molar-refractivity contribution in [1.29, 1.82) is 5.26 Å². The van der Waals surface area contributed by atoms with E-state index in [0.29, 0.717) is 30.4 Å². The maximum atomic E-state index is 12.3. The van der Waals surface area contributed by atoms with Crippen LogP contribution in [0.3, 0.4) is 0 Å². The van der Waals surface area contributed by atoms with Crippen molar-refractivity contribution < 1.29 is 19.1 Å². The average Bonchev–Trinajstić information content (AvgIpc) is 3.10. The second kappa shape index (κ2) is 9.73. The number of carbonyl (C=O) groups is 2. The van der Waals surface area contributed by atoms with Crippen LogP contribution in [0.4, 0.5) is 9.80 Å². The van der Waals surface area contributed by atoms with Gasteiger partial charge >= 0.3 is 6.09 Å². The van der Waals surface area contributed by atoms with Crippen LogP contribution in [0.15, 0.2) is 30.6 Å². The van der Waals surface area contributed by atoms with E-state index in [-0.39, 0.29) is 17.9 Å². The molecule has 1 atom stereocenters. The van der Waals surface area contributed by atoms with Crippen LogP contribution in [-0.4, -0.2) is 42.8 Å². The molecular formula is C22H22N4O4S. The fourth-order valence-corrected chi connectivity index (χ4v) is 4.84. The second-order valence-electron chi connectivity index (χ2n) is 7.51. The number of alkyl carbamates (subject to hydrolysis) is 1. The highest BCUT2D eigenvalue weighted by atomic mass is 32.1. The van der Waals surface area contributed by atoms with Crippen molar-refractivity contribution in [1.82, 2.24) is 10.3 Å². The zero-order chi connectivity index (χ0) is 21.6. The number of nitrogens with zero attached hydrogens (tertiary/aromatic N) is 2. The van der Waals surface area contributed by atoms with Crippen LogP contribution in [-0.2, 0) is 27.1 Å². The zero-order valence-electron chi connectivity index (χ0n) is 16.8. The summed E-state index contributed by atoms with van der Waals surface area (Å²) in [5.74, 6) is -0.106. The van der Waals surface area contributed by atoms with Gasteiger partial charge in [0.2, 0.25) is 5.91 Å². The summed E-state index contributed by atoms with van der Waals surface area (Å²) < 4.78 is 10.4. The number of pyridine rings is 1. The summed E-state index contributed by atoms with van der Waals surface area (Å²) >= 11 is 1.42. The molecule has 1 aliphatic heterocycles. The molecule has 2 amide bonds. The average molecular weight is 439 g/mol. The topological polar surface area (TPSA) is 113 Å². The number of ether oxygens (including phenoxy) is 2. The first kappa shape index (κ1) is 21.0. The number of carbonyl (C=O) groups excluding carboxylic acids is 2. The third kappa shape index (κ3) is 5.29. The first-order chi connectivity index (χ1) is 15.1. The van der Waals surface area contributed by atoms with Gasteiger partial charge in [-0.3, -0.25) is 9.78 Å². The van der Waals surface area contributed by atoms with Gasteiger partial charge in [0.1, 0.15) is 11.1 Å². The van der Waals surface area contributed by atoms with Gasteiger partial charge in [-0.05, 0) is 48.4 Å². The molecule has 160 valence electrons. The number of nitriles is 1. The van der Waals surface area contributed by atoms with Crippen molar-refractivity contribution in [2.75, 3.05) is 25.1 Å². The summed E-state index contributed by atoms with van der Waals surface area (Å²) in [7, 11) is 0. The molecule has 4 rings (SSSR count). The smallest absolute Gasteiger partial charge is 0.407 e. The van der Waals surface area contributed by atoms with Crippen LogP contribution in [0.2, 0.25) is 0 Å². The highest BCUT2D eigenvalue weighted by Gasteiger charge is 2.28. The lowest BCUT2D eigenvalue weighted by molar-refractivity contribution is -0.111. The van der Waals surface area contributed by atoms with Crippen molar-refractivity contribution in [2.45, 2.75) is 25.3 Å². The Kier molecular flexibility index (Phi) is 6.60. The van der Waals surface area contributed by atoms with Gasteiger partial charge in [0.05, 0.1) is 31.4 Å². The molecule has 2 aliphatic rings. The molecule has 0 radical (unpaired) electrons. The fraction of sp³-hybridized carbons (Fsp3) is 0.364. The molecule has 0 bridgehead atoms. The van der Waals surface area contributed by atoms with Crippen LogP contribution in [0.1, 0.15) is 28.0 Å². The Labute approximate surface area is 183 Å². The Bertz CT molecular complexity index is 1020.